The molecule has 0 aromatic carbocycles. The first-order chi connectivity index (χ1) is 8.06. The van der Waals surface area contributed by atoms with Gasteiger partial charge in [-0.25, -0.2) is 4.79 Å². The molecule has 1 rings (SSSR count). The predicted octanol–water partition coefficient (Wildman–Crippen LogP) is 0.459. The molecule has 0 radical (unpaired) electrons. The molecule has 1 fully saturated rings. The first-order valence-electron chi connectivity index (χ1n) is 6.19. The number of methoxy groups -OCH3 is 1. The van der Waals surface area contributed by atoms with Crippen LogP contribution in [0.25, 0.3) is 0 Å². The zero-order valence-corrected chi connectivity index (χ0v) is 10.7. The summed E-state index contributed by atoms with van der Waals surface area (Å²) in [6.07, 6.45) is 5.22. The third kappa shape index (κ3) is 5.02. The van der Waals surface area contributed by atoms with Crippen molar-refractivity contribution in [3.63, 3.8) is 0 Å². The topological polar surface area (TPSA) is 67.8 Å². The summed E-state index contributed by atoms with van der Waals surface area (Å²) in [4.78, 5) is 11.2. The number of carbonyl (C=O) groups is 1. The van der Waals surface area contributed by atoms with Crippen LogP contribution >= 0.6 is 0 Å². The quantitative estimate of drug-likeness (QED) is 0.504. The summed E-state index contributed by atoms with van der Waals surface area (Å²) in [5.74, 6) is -0.623. The Labute approximate surface area is 102 Å². The molecule has 0 saturated heterocycles. The van der Waals surface area contributed by atoms with Crippen LogP contribution in [0.4, 0.5) is 0 Å². The highest BCUT2D eigenvalue weighted by atomic mass is 16.5. The summed E-state index contributed by atoms with van der Waals surface area (Å²) < 4.78 is 10.1. The molecule has 1 atom stereocenters. The molecule has 2 N–H and O–H groups in total. The SMILES string of the molecule is COC(=O)C(C)(O)CNCCOC1CCCC1. The first kappa shape index (κ1) is 14.4. The van der Waals surface area contributed by atoms with E-state index in [2.05, 4.69) is 10.1 Å². The molecule has 0 aliphatic heterocycles. The third-order valence-corrected chi connectivity index (χ3v) is 3.03. The molecule has 5 nitrogen and oxygen atoms in total. The van der Waals surface area contributed by atoms with E-state index in [0.717, 1.165) is 12.8 Å². The lowest BCUT2D eigenvalue weighted by Crippen LogP contribution is -2.46. The van der Waals surface area contributed by atoms with Crippen LogP contribution in [0.5, 0.6) is 0 Å². The molecular weight excluding hydrogens is 222 g/mol. The molecular formula is C12H23NO4. The van der Waals surface area contributed by atoms with Gasteiger partial charge in [0, 0.05) is 13.1 Å². The molecule has 0 amide bonds. The molecule has 0 heterocycles. The second-order valence-electron chi connectivity index (χ2n) is 4.72. The van der Waals surface area contributed by atoms with Crippen molar-refractivity contribution in [1.29, 1.82) is 0 Å². The van der Waals surface area contributed by atoms with E-state index in [-0.39, 0.29) is 6.54 Å². The van der Waals surface area contributed by atoms with E-state index in [1.54, 1.807) is 0 Å². The van der Waals surface area contributed by atoms with Gasteiger partial charge in [-0.05, 0) is 19.8 Å². The van der Waals surface area contributed by atoms with Gasteiger partial charge in [-0.15, -0.1) is 0 Å². The van der Waals surface area contributed by atoms with E-state index >= 15 is 0 Å². The fraction of sp³-hybridized carbons (Fsp3) is 0.917. The maximum Gasteiger partial charge on any atom is 0.338 e. The molecule has 1 unspecified atom stereocenters. The summed E-state index contributed by atoms with van der Waals surface area (Å²) >= 11 is 0. The van der Waals surface area contributed by atoms with Crippen LogP contribution in [-0.4, -0.2) is 49.6 Å². The van der Waals surface area contributed by atoms with Gasteiger partial charge in [0.1, 0.15) is 0 Å². The Hall–Kier alpha value is -0.650. The van der Waals surface area contributed by atoms with E-state index in [0.29, 0.717) is 19.3 Å². The summed E-state index contributed by atoms with van der Waals surface area (Å²) in [5, 5.41) is 12.7. The highest BCUT2D eigenvalue weighted by Crippen LogP contribution is 2.20. The maximum absolute atomic E-state index is 11.2. The second kappa shape index (κ2) is 6.93. The molecule has 17 heavy (non-hydrogen) atoms. The van der Waals surface area contributed by atoms with Crippen molar-refractivity contribution in [3.05, 3.63) is 0 Å². The highest BCUT2D eigenvalue weighted by Gasteiger charge is 2.30. The van der Waals surface area contributed by atoms with Crippen LogP contribution in [0, 0.1) is 0 Å². The normalized spacial score (nSPS) is 20.2. The highest BCUT2D eigenvalue weighted by molar-refractivity contribution is 5.78. The molecule has 1 aliphatic rings. The summed E-state index contributed by atoms with van der Waals surface area (Å²) in [5.41, 5.74) is -1.47. The molecule has 1 saturated carbocycles. The number of esters is 1. The van der Waals surface area contributed by atoms with E-state index in [1.807, 2.05) is 0 Å². The molecule has 1 aliphatic carbocycles. The maximum atomic E-state index is 11.2. The number of nitrogens with one attached hydrogen (secondary N) is 1. The zero-order valence-electron chi connectivity index (χ0n) is 10.7. The number of carbonyl (C=O) groups excluding carboxylic acids is 1. The summed E-state index contributed by atoms with van der Waals surface area (Å²) in [6, 6.07) is 0. The average molecular weight is 245 g/mol. The lowest BCUT2D eigenvalue weighted by molar-refractivity contribution is -0.159. The predicted molar refractivity (Wildman–Crippen MR) is 63.7 cm³/mol. The molecule has 5 heteroatoms. The Balaban J connectivity index is 2.04. The molecule has 0 bridgehead atoms. The van der Waals surface area contributed by atoms with Crippen molar-refractivity contribution in [1.82, 2.24) is 5.32 Å². The van der Waals surface area contributed by atoms with Crippen LogP contribution in [0.2, 0.25) is 0 Å². The molecule has 100 valence electrons. The lowest BCUT2D eigenvalue weighted by atomic mass is 10.1. The number of hydrogen-bond acceptors (Lipinski definition) is 5. The monoisotopic (exact) mass is 245 g/mol. The number of hydrogen-bond donors (Lipinski definition) is 2. The standard InChI is InChI=1S/C12H23NO4/c1-12(15,11(14)16-2)9-13-7-8-17-10-5-3-4-6-10/h10,13,15H,3-9H2,1-2H3. The van der Waals surface area contributed by atoms with Crippen LogP contribution in [0.1, 0.15) is 32.6 Å². The minimum Gasteiger partial charge on any atom is -0.467 e. The minimum atomic E-state index is -1.47. The number of rotatable bonds is 7. The van der Waals surface area contributed by atoms with Crippen LogP contribution in [0.3, 0.4) is 0 Å². The second-order valence-corrected chi connectivity index (χ2v) is 4.72. The van der Waals surface area contributed by atoms with E-state index in [4.69, 9.17) is 4.74 Å². The van der Waals surface area contributed by atoms with Crippen molar-refractivity contribution in [3.8, 4) is 0 Å². The van der Waals surface area contributed by atoms with Gasteiger partial charge in [0.25, 0.3) is 0 Å². The Morgan fingerprint density at radius 2 is 2.12 bits per heavy atom. The third-order valence-electron chi connectivity index (χ3n) is 3.03. The Morgan fingerprint density at radius 3 is 2.71 bits per heavy atom. The average Bonchev–Trinajstić information content (AvgIpc) is 2.80. The van der Waals surface area contributed by atoms with Crippen molar-refractivity contribution in [2.45, 2.75) is 44.3 Å². The summed E-state index contributed by atoms with van der Waals surface area (Å²) in [6.45, 7) is 2.85. The van der Waals surface area contributed by atoms with Gasteiger partial charge in [0.05, 0.1) is 19.8 Å². The van der Waals surface area contributed by atoms with Crippen LogP contribution in [-0.2, 0) is 14.3 Å². The van der Waals surface area contributed by atoms with Gasteiger partial charge in [-0.2, -0.15) is 0 Å². The Morgan fingerprint density at radius 1 is 1.47 bits per heavy atom. The van der Waals surface area contributed by atoms with E-state index in [9.17, 15) is 9.90 Å². The zero-order chi connectivity index (χ0) is 12.7. The van der Waals surface area contributed by atoms with E-state index < -0.39 is 11.6 Å². The van der Waals surface area contributed by atoms with Crippen molar-refractivity contribution in [2.75, 3.05) is 26.8 Å². The number of aliphatic hydroxyl groups is 1. The van der Waals surface area contributed by atoms with Gasteiger partial charge in [0.15, 0.2) is 5.60 Å². The fourth-order valence-electron chi connectivity index (χ4n) is 1.98. The van der Waals surface area contributed by atoms with Crippen LogP contribution in [0.15, 0.2) is 0 Å². The summed E-state index contributed by atoms with van der Waals surface area (Å²) in [7, 11) is 1.26. The first-order valence-corrected chi connectivity index (χ1v) is 6.19. The van der Waals surface area contributed by atoms with Gasteiger partial charge >= 0.3 is 5.97 Å². The minimum absolute atomic E-state index is 0.174. The van der Waals surface area contributed by atoms with Crippen molar-refractivity contribution in [2.24, 2.45) is 0 Å². The van der Waals surface area contributed by atoms with Crippen molar-refractivity contribution >= 4 is 5.97 Å². The fourth-order valence-corrected chi connectivity index (χ4v) is 1.98. The molecule has 0 aromatic heterocycles. The van der Waals surface area contributed by atoms with Crippen molar-refractivity contribution < 1.29 is 19.4 Å². The molecule has 0 spiro atoms. The van der Waals surface area contributed by atoms with Gasteiger partial charge in [-0.3, -0.25) is 0 Å². The Kier molecular flexibility index (Phi) is 5.88. The van der Waals surface area contributed by atoms with Gasteiger partial charge < -0.3 is 19.9 Å². The van der Waals surface area contributed by atoms with Crippen LogP contribution < -0.4 is 5.32 Å². The van der Waals surface area contributed by atoms with Gasteiger partial charge in [0.2, 0.25) is 0 Å². The molecule has 0 aromatic rings. The Bertz CT molecular complexity index is 237. The van der Waals surface area contributed by atoms with Gasteiger partial charge in [-0.1, -0.05) is 12.8 Å². The largest absolute Gasteiger partial charge is 0.467 e. The number of ether oxygens (including phenoxy) is 2. The lowest BCUT2D eigenvalue weighted by Gasteiger charge is -2.20. The van der Waals surface area contributed by atoms with E-state index in [1.165, 1.54) is 26.9 Å². The smallest absolute Gasteiger partial charge is 0.338 e.